The molecule has 5 nitrogen and oxygen atoms in total. The van der Waals surface area contributed by atoms with E-state index in [1.54, 1.807) is 12.1 Å². The monoisotopic (exact) mass is 272 g/mol. The van der Waals surface area contributed by atoms with Gasteiger partial charge in [-0.3, -0.25) is 4.79 Å². The summed E-state index contributed by atoms with van der Waals surface area (Å²) < 4.78 is 7.02. The molecule has 5 heteroatoms. The number of para-hydroxylation sites is 1. The van der Waals surface area contributed by atoms with Gasteiger partial charge in [0, 0.05) is 24.6 Å². The Hall–Kier alpha value is -2.53. The van der Waals surface area contributed by atoms with Crippen molar-refractivity contribution >= 4 is 21.8 Å². The molecule has 0 bridgehead atoms. The predicted octanol–water partition coefficient (Wildman–Crippen LogP) is 2.57. The van der Waals surface area contributed by atoms with Crippen molar-refractivity contribution in [3.8, 4) is 11.5 Å². The van der Waals surface area contributed by atoms with Gasteiger partial charge in [0.15, 0.2) is 0 Å². The molecule has 0 aliphatic heterocycles. The van der Waals surface area contributed by atoms with Gasteiger partial charge in [0.2, 0.25) is 5.43 Å². The summed E-state index contributed by atoms with van der Waals surface area (Å²) in [7, 11) is 3.39. The number of pyridine rings is 1. The molecule has 0 fully saturated rings. The predicted molar refractivity (Wildman–Crippen MR) is 79.9 cm³/mol. The normalized spacial score (nSPS) is 10.5. The Morgan fingerprint density at radius 2 is 1.85 bits per heavy atom. The summed E-state index contributed by atoms with van der Waals surface area (Å²) in [6, 6.07) is 10.6. The minimum Gasteiger partial charge on any atom is -0.507 e. The van der Waals surface area contributed by atoms with Crippen LogP contribution in [0.2, 0.25) is 0 Å². The summed E-state index contributed by atoms with van der Waals surface area (Å²) in [4.78, 5) is 12.4. The molecule has 104 valence electrons. The van der Waals surface area contributed by atoms with Gasteiger partial charge >= 0.3 is 0 Å². The van der Waals surface area contributed by atoms with E-state index in [2.05, 4.69) is 0 Å². The Balaban J connectivity index is 0.00000147. The van der Waals surface area contributed by atoms with Gasteiger partial charge in [-0.05, 0) is 12.1 Å². The van der Waals surface area contributed by atoms with E-state index in [-0.39, 0.29) is 17.3 Å². The van der Waals surface area contributed by atoms with Gasteiger partial charge < -0.3 is 20.6 Å². The van der Waals surface area contributed by atoms with E-state index < -0.39 is 0 Å². The first-order chi connectivity index (χ1) is 9.13. The molecule has 0 aliphatic rings. The van der Waals surface area contributed by atoms with Crippen LogP contribution in [0.5, 0.6) is 11.5 Å². The second kappa shape index (κ2) is 4.86. The maximum absolute atomic E-state index is 12.4. The fourth-order valence-electron chi connectivity index (χ4n) is 2.42. The topological polar surface area (TPSA) is 86.5 Å². The molecule has 0 spiro atoms. The molecule has 1 heterocycles. The number of hydrogen-bond acceptors (Lipinski definition) is 4. The highest BCUT2D eigenvalue weighted by Gasteiger charge is 2.13. The van der Waals surface area contributed by atoms with E-state index in [1.165, 1.54) is 13.2 Å². The van der Waals surface area contributed by atoms with Crippen LogP contribution in [0.4, 0.5) is 0 Å². The SMILES string of the molecule is COc1cc(O)c2c(=O)c3ccccc3n(C)c2c1.N. The number of methoxy groups -OCH3 is 1. The van der Waals surface area contributed by atoms with E-state index in [9.17, 15) is 9.90 Å². The molecular weight excluding hydrogens is 256 g/mol. The van der Waals surface area contributed by atoms with Crippen LogP contribution in [0.3, 0.4) is 0 Å². The van der Waals surface area contributed by atoms with Crippen molar-refractivity contribution in [3.05, 3.63) is 46.6 Å². The van der Waals surface area contributed by atoms with Gasteiger partial charge in [-0.15, -0.1) is 0 Å². The molecule has 1 aromatic heterocycles. The van der Waals surface area contributed by atoms with Crippen LogP contribution >= 0.6 is 0 Å². The molecule has 20 heavy (non-hydrogen) atoms. The number of phenolic OH excluding ortho intramolecular Hbond substituents is 1. The highest BCUT2D eigenvalue weighted by atomic mass is 16.5. The molecule has 3 rings (SSSR count). The summed E-state index contributed by atoms with van der Waals surface area (Å²) in [5.41, 5.74) is 1.32. The number of ether oxygens (including phenoxy) is 1. The van der Waals surface area contributed by atoms with Gasteiger partial charge in [-0.1, -0.05) is 12.1 Å². The number of nitrogens with zero attached hydrogens (tertiary/aromatic N) is 1. The lowest BCUT2D eigenvalue weighted by Crippen LogP contribution is -2.09. The molecule has 0 saturated carbocycles. The lowest BCUT2D eigenvalue weighted by atomic mass is 10.1. The van der Waals surface area contributed by atoms with Crippen LogP contribution in [0.25, 0.3) is 21.8 Å². The number of aromatic hydroxyl groups is 1. The minimum atomic E-state index is -0.163. The van der Waals surface area contributed by atoms with Crippen molar-refractivity contribution in [3.63, 3.8) is 0 Å². The summed E-state index contributed by atoms with van der Waals surface area (Å²) in [5.74, 6) is 0.469. The second-order valence-electron chi connectivity index (χ2n) is 4.45. The van der Waals surface area contributed by atoms with Crippen molar-refractivity contribution in [2.24, 2.45) is 7.05 Å². The van der Waals surface area contributed by atoms with Crippen LogP contribution in [-0.2, 0) is 7.05 Å². The number of benzene rings is 2. The number of hydrogen-bond donors (Lipinski definition) is 2. The maximum atomic E-state index is 12.4. The summed E-state index contributed by atoms with van der Waals surface area (Å²) in [5, 5.41) is 11.0. The molecule has 3 aromatic rings. The zero-order chi connectivity index (χ0) is 13.6. The Bertz CT molecular complexity index is 853. The Kier molecular flexibility index (Phi) is 3.38. The third kappa shape index (κ3) is 1.80. The number of aromatic nitrogens is 1. The van der Waals surface area contributed by atoms with Gasteiger partial charge in [-0.2, -0.15) is 0 Å². The zero-order valence-corrected chi connectivity index (χ0v) is 11.4. The Morgan fingerprint density at radius 3 is 2.55 bits per heavy atom. The molecule has 2 aromatic carbocycles. The molecule has 0 amide bonds. The first kappa shape index (κ1) is 13.9. The molecule has 0 radical (unpaired) electrons. The standard InChI is InChI=1S/C15H13NO3.H3N/c1-16-11-6-4-3-5-10(11)15(18)14-12(16)7-9(19-2)8-13(14)17;/h3-8,17H,1-2H3;1H3. The summed E-state index contributed by atoms with van der Waals surface area (Å²) >= 11 is 0. The molecule has 0 saturated heterocycles. The van der Waals surface area contributed by atoms with Gasteiger partial charge in [0.05, 0.1) is 23.5 Å². The number of rotatable bonds is 1. The number of phenols is 1. The minimum absolute atomic E-state index is 0. The van der Waals surface area contributed by atoms with Crippen molar-refractivity contribution in [2.75, 3.05) is 7.11 Å². The quantitative estimate of drug-likeness (QED) is 0.666. The van der Waals surface area contributed by atoms with E-state index in [4.69, 9.17) is 4.74 Å². The van der Waals surface area contributed by atoms with E-state index in [1.807, 2.05) is 29.8 Å². The highest BCUT2D eigenvalue weighted by Crippen LogP contribution is 2.29. The zero-order valence-electron chi connectivity index (χ0n) is 11.4. The van der Waals surface area contributed by atoms with Gasteiger partial charge in [-0.25, -0.2) is 0 Å². The van der Waals surface area contributed by atoms with Gasteiger partial charge in [0.1, 0.15) is 11.5 Å². The van der Waals surface area contributed by atoms with Crippen LogP contribution in [0.15, 0.2) is 41.2 Å². The van der Waals surface area contributed by atoms with Crippen LogP contribution in [0, 0.1) is 0 Å². The first-order valence-electron chi connectivity index (χ1n) is 5.92. The molecule has 0 aliphatic carbocycles. The fraction of sp³-hybridized carbons (Fsp3) is 0.133. The molecule has 4 N–H and O–H groups in total. The first-order valence-corrected chi connectivity index (χ1v) is 5.92. The third-order valence-corrected chi connectivity index (χ3v) is 3.40. The van der Waals surface area contributed by atoms with Gasteiger partial charge in [0.25, 0.3) is 0 Å². The van der Waals surface area contributed by atoms with Crippen molar-refractivity contribution in [1.82, 2.24) is 10.7 Å². The average Bonchev–Trinajstić information content (AvgIpc) is 2.44. The Labute approximate surface area is 115 Å². The van der Waals surface area contributed by atoms with Crippen LogP contribution < -0.4 is 16.3 Å². The maximum Gasteiger partial charge on any atom is 0.200 e. The lowest BCUT2D eigenvalue weighted by Gasteiger charge is -2.12. The van der Waals surface area contributed by atoms with E-state index in [0.717, 1.165) is 5.52 Å². The van der Waals surface area contributed by atoms with E-state index >= 15 is 0 Å². The smallest absolute Gasteiger partial charge is 0.200 e. The van der Waals surface area contributed by atoms with E-state index in [0.29, 0.717) is 22.0 Å². The molecule has 0 atom stereocenters. The Morgan fingerprint density at radius 1 is 1.15 bits per heavy atom. The second-order valence-corrected chi connectivity index (χ2v) is 4.45. The molecule has 0 unspecified atom stereocenters. The largest absolute Gasteiger partial charge is 0.507 e. The third-order valence-electron chi connectivity index (χ3n) is 3.40. The van der Waals surface area contributed by atoms with Crippen molar-refractivity contribution in [1.29, 1.82) is 0 Å². The van der Waals surface area contributed by atoms with Crippen molar-refractivity contribution < 1.29 is 9.84 Å². The fourth-order valence-corrected chi connectivity index (χ4v) is 2.42. The highest BCUT2D eigenvalue weighted by molar-refractivity contribution is 5.97. The summed E-state index contributed by atoms with van der Waals surface area (Å²) in [6.07, 6.45) is 0. The lowest BCUT2D eigenvalue weighted by molar-refractivity contribution is 0.409. The number of aryl methyl sites for hydroxylation is 1. The number of fused-ring (bicyclic) bond motifs is 2. The van der Waals surface area contributed by atoms with Crippen LogP contribution in [-0.4, -0.2) is 16.8 Å². The summed E-state index contributed by atoms with van der Waals surface area (Å²) in [6.45, 7) is 0. The average molecular weight is 272 g/mol. The van der Waals surface area contributed by atoms with Crippen molar-refractivity contribution in [2.45, 2.75) is 0 Å². The van der Waals surface area contributed by atoms with Crippen LogP contribution in [0.1, 0.15) is 0 Å². The molecular formula is C15H16N2O3.